The summed E-state index contributed by atoms with van der Waals surface area (Å²) in [4.78, 5) is 27.7. The zero-order valence-corrected chi connectivity index (χ0v) is 13.9. The highest BCUT2D eigenvalue weighted by molar-refractivity contribution is 5.97. The fourth-order valence-corrected chi connectivity index (χ4v) is 2.83. The number of fused-ring (bicyclic) bond motifs is 1. The van der Waals surface area contributed by atoms with Crippen LogP contribution in [0.15, 0.2) is 18.2 Å². The van der Waals surface area contributed by atoms with Crippen molar-refractivity contribution in [3.63, 3.8) is 0 Å². The smallest absolute Gasteiger partial charge is 0.409 e. The van der Waals surface area contributed by atoms with Gasteiger partial charge >= 0.3 is 6.09 Å². The molecule has 8 heteroatoms. The van der Waals surface area contributed by atoms with E-state index in [1.54, 1.807) is 33.5 Å². The topological polar surface area (TPSA) is 80.6 Å². The highest BCUT2D eigenvalue weighted by Gasteiger charge is 2.25. The normalized spacial score (nSPS) is 14.9. The maximum Gasteiger partial charge on any atom is 0.409 e. The Hall–Kier alpha value is -2.64. The molecular formula is C16H21N5O3. The van der Waals surface area contributed by atoms with Crippen LogP contribution < -0.4 is 0 Å². The standard InChI is InChI=1S/C16H21N5O3/c1-3-21-14-6-5-12(11-13(14)17-18-21)15(22)19-7-9-20(10-8-19)16(23)24-4-2/h5-6,11H,3-4,7-10H2,1-2H3. The molecule has 0 aliphatic carbocycles. The van der Waals surface area contributed by atoms with Gasteiger partial charge in [0.05, 0.1) is 12.1 Å². The van der Waals surface area contributed by atoms with Crippen molar-refractivity contribution in [1.29, 1.82) is 0 Å². The lowest BCUT2D eigenvalue weighted by molar-refractivity contribution is 0.0570. The Balaban J connectivity index is 1.68. The summed E-state index contributed by atoms with van der Waals surface area (Å²) < 4.78 is 6.78. The van der Waals surface area contributed by atoms with E-state index in [0.29, 0.717) is 43.9 Å². The number of benzene rings is 1. The van der Waals surface area contributed by atoms with Gasteiger partial charge in [-0.15, -0.1) is 5.10 Å². The van der Waals surface area contributed by atoms with E-state index in [1.807, 2.05) is 13.0 Å². The highest BCUT2D eigenvalue weighted by Crippen LogP contribution is 2.16. The second kappa shape index (κ2) is 6.86. The molecule has 1 saturated heterocycles. The second-order valence-corrected chi connectivity index (χ2v) is 5.59. The number of nitrogens with zero attached hydrogens (tertiary/aromatic N) is 5. The van der Waals surface area contributed by atoms with Crippen LogP contribution in [0.1, 0.15) is 24.2 Å². The number of aryl methyl sites for hydroxylation is 1. The molecule has 0 saturated carbocycles. The van der Waals surface area contributed by atoms with E-state index in [0.717, 1.165) is 12.1 Å². The molecule has 2 aromatic rings. The van der Waals surface area contributed by atoms with Crippen LogP contribution >= 0.6 is 0 Å². The fraction of sp³-hybridized carbons (Fsp3) is 0.500. The van der Waals surface area contributed by atoms with Crippen LogP contribution in [0.3, 0.4) is 0 Å². The molecule has 0 atom stereocenters. The third-order valence-electron chi connectivity index (χ3n) is 4.15. The summed E-state index contributed by atoms with van der Waals surface area (Å²) in [6, 6.07) is 5.45. The summed E-state index contributed by atoms with van der Waals surface area (Å²) in [5.74, 6) is -0.0496. The summed E-state index contributed by atoms with van der Waals surface area (Å²) in [7, 11) is 0. The molecule has 3 rings (SSSR count). The van der Waals surface area contributed by atoms with Gasteiger partial charge in [-0.2, -0.15) is 0 Å². The number of ether oxygens (including phenoxy) is 1. The Bertz CT molecular complexity index is 749. The Morgan fingerprint density at radius 2 is 1.83 bits per heavy atom. The number of carbonyl (C=O) groups excluding carboxylic acids is 2. The molecule has 8 nitrogen and oxygen atoms in total. The first-order valence-corrected chi connectivity index (χ1v) is 8.18. The minimum absolute atomic E-state index is 0.0496. The zero-order valence-electron chi connectivity index (χ0n) is 13.9. The Morgan fingerprint density at radius 3 is 2.50 bits per heavy atom. The molecule has 1 aromatic carbocycles. The van der Waals surface area contributed by atoms with Crippen molar-refractivity contribution in [2.75, 3.05) is 32.8 Å². The molecule has 0 radical (unpaired) electrons. The van der Waals surface area contributed by atoms with Gasteiger partial charge in [0, 0.05) is 38.3 Å². The van der Waals surface area contributed by atoms with Crippen LogP contribution in [-0.2, 0) is 11.3 Å². The zero-order chi connectivity index (χ0) is 17.1. The molecule has 2 heterocycles. The lowest BCUT2D eigenvalue weighted by atomic mass is 10.1. The summed E-state index contributed by atoms with van der Waals surface area (Å²) in [6.07, 6.45) is -0.317. The fourth-order valence-electron chi connectivity index (χ4n) is 2.83. The van der Waals surface area contributed by atoms with Gasteiger partial charge in [-0.3, -0.25) is 4.79 Å². The summed E-state index contributed by atoms with van der Waals surface area (Å²) in [5.41, 5.74) is 2.23. The first-order valence-electron chi connectivity index (χ1n) is 8.18. The number of amides is 2. The SMILES string of the molecule is CCOC(=O)N1CCN(C(=O)c2ccc3c(c2)nnn3CC)CC1. The van der Waals surface area contributed by atoms with Crippen LogP contribution in [0.5, 0.6) is 0 Å². The number of rotatable bonds is 3. The number of hydrogen-bond donors (Lipinski definition) is 0. The van der Waals surface area contributed by atoms with Crippen molar-refractivity contribution in [2.24, 2.45) is 0 Å². The molecule has 0 spiro atoms. The lowest BCUT2D eigenvalue weighted by Gasteiger charge is -2.34. The number of carbonyl (C=O) groups is 2. The third kappa shape index (κ3) is 3.04. The van der Waals surface area contributed by atoms with E-state index in [2.05, 4.69) is 10.3 Å². The van der Waals surface area contributed by atoms with Gasteiger partial charge in [-0.05, 0) is 32.0 Å². The predicted octanol–water partition coefficient (Wildman–Crippen LogP) is 1.37. The molecule has 1 aliphatic rings. The van der Waals surface area contributed by atoms with E-state index in [9.17, 15) is 9.59 Å². The van der Waals surface area contributed by atoms with Crippen LogP contribution in [0.25, 0.3) is 11.0 Å². The molecule has 0 unspecified atom stereocenters. The van der Waals surface area contributed by atoms with E-state index in [1.165, 1.54) is 0 Å². The Morgan fingerprint density at radius 1 is 1.12 bits per heavy atom. The van der Waals surface area contributed by atoms with Crippen molar-refractivity contribution < 1.29 is 14.3 Å². The Kier molecular flexibility index (Phi) is 4.64. The molecule has 1 aromatic heterocycles. The van der Waals surface area contributed by atoms with Gasteiger partial charge in [-0.1, -0.05) is 5.21 Å². The minimum atomic E-state index is -0.317. The minimum Gasteiger partial charge on any atom is -0.450 e. The van der Waals surface area contributed by atoms with Crippen molar-refractivity contribution >= 4 is 23.0 Å². The van der Waals surface area contributed by atoms with E-state index >= 15 is 0 Å². The molecule has 0 N–H and O–H groups in total. The summed E-state index contributed by atoms with van der Waals surface area (Å²) in [5, 5.41) is 8.16. The van der Waals surface area contributed by atoms with E-state index in [4.69, 9.17) is 4.74 Å². The number of hydrogen-bond acceptors (Lipinski definition) is 5. The van der Waals surface area contributed by atoms with Crippen molar-refractivity contribution in [3.05, 3.63) is 23.8 Å². The van der Waals surface area contributed by atoms with Gasteiger partial charge in [-0.25, -0.2) is 9.48 Å². The second-order valence-electron chi connectivity index (χ2n) is 5.59. The maximum atomic E-state index is 12.7. The first kappa shape index (κ1) is 16.2. The summed E-state index contributed by atoms with van der Waals surface area (Å²) in [6.45, 7) is 6.83. The van der Waals surface area contributed by atoms with Crippen LogP contribution in [0.4, 0.5) is 4.79 Å². The quantitative estimate of drug-likeness (QED) is 0.848. The third-order valence-corrected chi connectivity index (χ3v) is 4.15. The average Bonchev–Trinajstić information content (AvgIpc) is 3.03. The average molecular weight is 331 g/mol. The highest BCUT2D eigenvalue weighted by atomic mass is 16.6. The molecule has 1 aliphatic heterocycles. The monoisotopic (exact) mass is 331 g/mol. The molecule has 1 fully saturated rings. The molecule has 24 heavy (non-hydrogen) atoms. The summed E-state index contributed by atoms with van der Waals surface area (Å²) >= 11 is 0. The van der Waals surface area contributed by atoms with Gasteiger partial charge in [0.25, 0.3) is 5.91 Å². The van der Waals surface area contributed by atoms with Crippen molar-refractivity contribution in [3.8, 4) is 0 Å². The number of aromatic nitrogens is 3. The molecule has 0 bridgehead atoms. The van der Waals surface area contributed by atoms with Crippen LogP contribution in [0, 0.1) is 0 Å². The van der Waals surface area contributed by atoms with Gasteiger partial charge in [0.2, 0.25) is 0 Å². The predicted molar refractivity (Wildman–Crippen MR) is 87.7 cm³/mol. The lowest BCUT2D eigenvalue weighted by Crippen LogP contribution is -2.50. The van der Waals surface area contributed by atoms with Gasteiger partial charge in [0.15, 0.2) is 0 Å². The van der Waals surface area contributed by atoms with Crippen molar-refractivity contribution in [2.45, 2.75) is 20.4 Å². The van der Waals surface area contributed by atoms with Crippen LogP contribution in [0.2, 0.25) is 0 Å². The Labute approximate surface area is 140 Å². The van der Waals surface area contributed by atoms with Gasteiger partial charge < -0.3 is 14.5 Å². The van der Waals surface area contributed by atoms with E-state index < -0.39 is 0 Å². The van der Waals surface area contributed by atoms with Gasteiger partial charge in [0.1, 0.15) is 5.52 Å². The van der Waals surface area contributed by atoms with E-state index in [-0.39, 0.29) is 12.0 Å². The first-order chi connectivity index (χ1) is 11.6. The molecule has 128 valence electrons. The number of piperazine rings is 1. The largest absolute Gasteiger partial charge is 0.450 e. The molecular weight excluding hydrogens is 310 g/mol. The van der Waals surface area contributed by atoms with Crippen LogP contribution in [-0.4, -0.2) is 69.6 Å². The maximum absolute atomic E-state index is 12.7. The molecule has 2 amide bonds. The van der Waals surface area contributed by atoms with Crippen molar-refractivity contribution in [1.82, 2.24) is 24.8 Å².